The predicted molar refractivity (Wildman–Crippen MR) is 130 cm³/mol. The number of aromatic nitrogens is 2. The van der Waals surface area contributed by atoms with Crippen LogP contribution in [0.2, 0.25) is 0 Å². The Bertz CT molecular complexity index is 1330. The van der Waals surface area contributed by atoms with Gasteiger partial charge in [-0.25, -0.2) is 9.07 Å². The molecular formula is C27H28FN3O3. The molecule has 0 spiro atoms. The van der Waals surface area contributed by atoms with Crippen LogP contribution in [0.5, 0.6) is 11.5 Å². The summed E-state index contributed by atoms with van der Waals surface area (Å²) in [4.78, 5) is 0. The smallest absolute Gasteiger partial charge is 0.231 e. The van der Waals surface area contributed by atoms with Gasteiger partial charge in [-0.05, 0) is 61.2 Å². The number of halogens is 1. The van der Waals surface area contributed by atoms with Gasteiger partial charge >= 0.3 is 0 Å². The van der Waals surface area contributed by atoms with Crippen molar-refractivity contribution in [3.8, 4) is 17.2 Å². The van der Waals surface area contributed by atoms with Gasteiger partial charge in [0.15, 0.2) is 11.5 Å². The van der Waals surface area contributed by atoms with E-state index >= 15 is 0 Å². The second-order valence-corrected chi connectivity index (χ2v) is 9.72. The van der Waals surface area contributed by atoms with Crippen molar-refractivity contribution in [2.24, 2.45) is 0 Å². The number of rotatable bonds is 7. The van der Waals surface area contributed by atoms with E-state index in [0.29, 0.717) is 13.0 Å². The predicted octanol–water partition coefficient (Wildman–Crippen LogP) is 5.42. The van der Waals surface area contributed by atoms with Gasteiger partial charge in [0.05, 0.1) is 23.0 Å². The Balaban J connectivity index is 1.35. The Morgan fingerprint density at radius 2 is 1.79 bits per heavy atom. The lowest BCUT2D eigenvalue weighted by molar-refractivity contribution is 0.0436. The summed E-state index contributed by atoms with van der Waals surface area (Å²) in [6.07, 6.45) is 2.29. The first-order chi connectivity index (χ1) is 16.2. The van der Waals surface area contributed by atoms with Crippen LogP contribution in [0.3, 0.4) is 0 Å². The molecule has 7 heteroatoms. The third-order valence-corrected chi connectivity index (χ3v) is 6.29. The van der Waals surface area contributed by atoms with E-state index in [1.807, 2.05) is 43.3 Å². The lowest BCUT2D eigenvalue weighted by Crippen LogP contribution is -2.40. The third-order valence-electron chi connectivity index (χ3n) is 6.29. The molecule has 0 bridgehead atoms. The Morgan fingerprint density at radius 1 is 1.03 bits per heavy atom. The van der Waals surface area contributed by atoms with E-state index in [1.165, 1.54) is 12.1 Å². The van der Waals surface area contributed by atoms with Crippen LogP contribution >= 0.6 is 0 Å². The van der Waals surface area contributed by atoms with Crippen LogP contribution in [-0.4, -0.2) is 33.8 Å². The Hall–Kier alpha value is -3.58. The standard InChI is InChI=1S/C27H28FN3O3/c1-26(2,21-6-4-9-24-25(21)34-17-33-24)15-27(3,32)16-29-22-7-5-8-23-20(22)14-30-31(23)19-12-10-18(28)11-13-19/h4-14,29,32H,15-17H2,1-3H3. The van der Waals surface area contributed by atoms with Gasteiger partial charge < -0.3 is 19.9 Å². The van der Waals surface area contributed by atoms with E-state index in [-0.39, 0.29) is 18.0 Å². The first-order valence-corrected chi connectivity index (χ1v) is 11.3. The zero-order valence-electron chi connectivity index (χ0n) is 19.5. The summed E-state index contributed by atoms with van der Waals surface area (Å²) in [6, 6.07) is 18.0. The summed E-state index contributed by atoms with van der Waals surface area (Å²) in [5, 5.41) is 20.1. The highest BCUT2D eigenvalue weighted by Gasteiger charge is 2.35. The third kappa shape index (κ3) is 4.19. The molecule has 176 valence electrons. The summed E-state index contributed by atoms with van der Waals surface area (Å²) in [5.41, 5.74) is 2.23. The highest BCUT2D eigenvalue weighted by molar-refractivity contribution is 5.92. The number of nitrogens with zero attached hydrogens (tertiary/aromatic N) is 2. The molecule has 0 fully saturated rings. The van der Waals surface area contributed by atoms with E-state index < -0.39 is 5.60 Å². The van der Waals surface area contributed by atoms with Gasteiger partial charge in [-0.1, -0.05) is 32.0 Å². The summed E-state index contributed by atoms with van der Waals surface area (Å²) in [5.74, 6) is 1.22. The van der Waals surface area contributed by atoms with E-state index in [2.05, 4.69) is 24.3 Å². The molecule has 0 radical (unpaired) electrons. The lowest BCUT2D eigenvalue weighted by atomic mass is 9.75. The van der Waals surface area contributed by atoms with Gasteiger partial charge in [-0.2, -0.15) is 5.10 Å². The number of hydrogen-bond acceptors (Lipinski definition) is 5. The molecule has 1 aliphatic rings. The number of aliphatic hydroxyl groups is 1. The fraction of sp³-hybridized carbons (Fsp3) is 0.296. The minimum Gasteiger partial charge on any atom is -0.454 e. The normalized spacial score (nSPS) is 14.9. The van der Waals surface area contributed by atoms with Crippen molar-refractivity contribution < 1.29 is 19.0 Å². The minimum atomic E-state index is -0.999. The van der Waals surface area contributed by atoms with Crippen molar-refractivity contribution in [1.29, 1.82) is 0 Å². The molecule has 2 N–H and O–H groups in total. The zero-order valence-corrected chi connectivity index (χ0v) is 19.5. The quantitative estimate of drug-likeness (QED) is 0.384. The summed E-state index contributed by atoms with van der Waals surface area (Å²) >= 11 is 0. The molecule has 1 aliphatic heterocycles. The fourth-order valence-electron chi connectivity index (χ4n) is 4.85. The molecule has 34 heavy (non-hydrogen) atoms. The second-order valence-electron chi connectivity index (χ2n) is 9.72. The van der Waals surface area contributed by atoms with Gasteiger partial charge in [0, 0.05) is 23.2 Å². The van der Waals surface area contributed by atoms with Crippen molar-refractivity contribution in [1.82, 2.24) is 9.78 Å². The van der Waals surface area contributed by atoms with Gasteiger partial charge in [0.2, 0.25) is 6.79 Å². The Morgan fingerprint density at radius 3 is 2.59 bits per heavy atom. The summed E-state index contributed by atoms with van der Waals surface area (Å²) in [7, 11) is 0. The maximum atomic E-state index is 13.3. The van der Waals surface area contributed by atoms with Crippen molar-refractivity contribution >= 4 is 16.6 Å². The molecule has 2 heterocycles. The molecule has 1 unspecified atom stereocenters. The van der Waals surface area contributed by atoms with Crippen LogP contribution in [0.1, 0.15) is 32.8 Å². The van der Waals surface area contributed by atoms with Crippen molar-refractivity contribution in [2.45, 2.75) is 38.2 Å². The largest absolute Gasteiger partial charge is 0.454 e. The SMILES string of the molecule is CC(O)(CNc1cccc2c1cnn2-c1ccc(F)cc1)CC(C)(C)c1cccc2c1OCO2. The van der Waals surface area contributed by atoms with Crippen LogP contribution < -0.4 is 14.8 Å². The molecule has 6 nitrogen and oxygen atoms in total. The molecule has 0 aliphatic carbocycles. The first kappa shape index (κ1) is 22.2. The minimum absolute atomic E-state index is 0.218. The van der Waals surface area contributed by atoms with Gasteiger partial charge in [-0.15, -0.1) is 0 Å². The van der Waals surface area contributed by atoms with Crippen LogP contribution in [0.25, 0.3) is 16.6 Å². The monoisotopic (exact) mass is 461 g/mol. The number of fused-ring (bicyclic) bond motifs is 2. The van der Waals surface area contributed by atoms with Gasteiger partial charge in [0.1, 0.15) is 5.82 Å². The maximum absolute atomic E-state index is 13.3. The van der Waals surface area contributed by atoms with E-state index in [0.717, 1.165) is 39.3 Å². The number of anilines is 1. The van der Waals surface area contributed by atoms with Crippen LogP contribution in [0, 0.1) is 5.82 Å². The van der Waals surface area contributed by atoms with Crippen molar-refractivity contribution in [3.63, 3.8) is 0 Å². The Kier molecular flexibility index (Phi) is 5.44. The molecule has 1 aromatic heterocycles. The number of nitrogens with one attached hydrogen (secondary N) is 1. The average Bonchev–Trinajstić information content (AvgIpc) is 3.45. The molecule has 0 saturated carbocycles. The second kappa shape index (κ2) is 8.33. The van der Waals surface area contributed by atoms with E-state index in [9.17, 15) is 9.50 Å². The molecule has 0 saturated heterocycles. The van der Waals surface area contributed by atoms with Crippen LogP contribution in [-0.2, 0) is 5.41 Å². The number of para-hydroxylation sites is 1. The maximum Gasteiger partial charge on any atom is 0.231 e. The van der Waals surface area contributed by atoms with E-state index in [4.69, 9.17) is 9.47 Å². The number of ether oxygens (including phenoxy) is 2. The first-order valence-electron chi connectivity index (χ1n) is 11.3. The summed E-state index contributed by atoms with van der Waals surface area (Å²) in [6.45, 7) is 6.61. The van der Waals surface area contributed by atoms with Gasteiger partial charge in [0.25, 0.3) is 0 Å². The molecule has 1 atom stereocenters. The lowest BCUT2D eigenvalue weighted by Gasteiger charge is -2.35. The summed E-state index contributed by atoms with van der Waals surface area (Å²) < 4.78 is 26.3. The molecular weight excluding hydrogens is 433 g/mol. The Labute approximate surface area is 197 Å². The molecule has 4 aromatic rings. The number of hydrogen-bond donors (Lipinski definition) is 2. The van der Waals surface area contributed by atoms with Crippen molar-refractivity contribution in [2.75, 3.05) is 18.7 Å². The van der Waals surface area contributed by atoms with E-state index in [1.54, 1.807) is 23.0 Å². The van der Waals surface area contributed by atoms with Crippen LogP contribution in [0.15, 0.2) is 66.9 Å². The van der Waals surface area contributed by atoms with Gasteiger partial charge in [-0.3, -0.25) is 0 Å². The average molecular weight is 462 g/mol. The fourth-order valence-corrected chi connectivity index (χ4v) is 4.85. The number of benzene rings is 3. The highest BCUT2D eigenvalue weighted by Crippen LogP contribution is 2.44. The van der Waals surface area contributed by atoms with Crippen LogP contribution in [0.4, 0.5) is 10.1 Å². The highest BCUT2D eigenvalue weighted by atomic mass is 19.1. The zero-order chi connectivity index (χ0) is 23.9. The topological polar surface area (TPSA) is 68.5 Å². The molecule has 3 aromatic carbocycles. The molecule has 5 rings (SSSR count). The molecule has 0 amide bonds. The van der Waals surface area contributed by atoms with Crippen molar-refractivity contribution in [3.05, 3.63) is 78.2 Å².